The summed E-state index contributed by atoms with van der Waals surface area (Å²) in [6, 6.07) is 15.0. The van der Waals surface area contributed by atoms with Crippen molar-refractivity contribution in [2.45, 2.75) is 12.8 Å². The maximum atomic E-state index is 11.2. The van der Waals surface area contributed by atoms with E-state index in [9.17, 15) is 4.79 Å². The highest BCUT2D eigenvalue weighted by molar-refractivity contribution is 5.95. The summed E-state index contributed by atoms with van der Waals surface area (Å²) in [5.41, 5.74) is 8.91. The summed E-state index contributed by atoms with van der Waals surface area (Å²) in [4.78, 5) is 15.6. The van der Waals surface area contributed by atoms with Crippen LogP contribution in [0.15, 0.2) is 54.9 Å². The minimum atomic E-state index is -0.217. The maximum Gasteiger partial charge on any atom is 0.305 e. The lowest BCUT2D eigenvalue weighted by Gasteiger charge is -2.03. The Labute approximate surface area is 150 Å². The van der Waals surface area contributed by atoms with E-state index in [1.807, 2.05) is 36.4 Å². The number of nitrogens with one attached hydrogen (secondary N) is 1. The zero-order chi connectivity index (χ0) is 18.5. The standard InChI is InChI=1S/C19H19N5O2/c1-26-17(25)11-4-13-2-5-15(6-3-13)19-22-12-24(23-19)16-9-7-14(8-10-16)18(20)21/h2-3,5-10,12H,4,11H2,1H3,(H3,20,21). The largest absolute Gasteiger partial charge is 0.469 e. The number of nitrogens with zero attached hydrogens (tertiary/aromatic N) is 3. The number of esters is 1. The molecule has 3 N–H and O–H groups in total. The van der Waals surface area contributed by atoms with Crippen LogP contribution in [-0.2, 0) is 16.0 Å². The summed E-state index contributed by atoms with van der Waals surface area (Å²) in [7, 11) is 1.39. The predicted molar refractivity (Wildman–Crippen MR) is 98.1 cm³/mol. The zero-order valence-electron chi connectivity index (χ0n) is 14.3. The quantitative estimate of drug-likeness (QED) is 0.403. The summed E-state index contributed by atoms with van der Waals surface area (Å²) < 4.78 is 6.32. The van der Waals surface area contributed by atoms with Crippen LogP contribution in [0.4, 0.5) is 0 Å². The number of ether oxygens (including phenoxy) is 1. The number of rotatable bonds is 6. The van der Waals surface area contributed by atoms with Gasteiger partial charge in [0, 0.05) is 17.5 Å². The number of carbonyl (C=O) groups excluding carboxylic acids is 1. The van der Waals surface area contributed by atoms with Crippen molar-refractivity contribution in [3.05, 3.63) is 66.0 Å². The topological polar surface area (TPSA) is 107 Å². The van der Waals surface area contributed by atoms with Gasteiger partial charge in [-0.2, -0.15) is 0 Å². The van der Waals surface area contributed by atoms with Crippen molar-refractivity contribution in [2.75, 3.05) is 7.11 Å². The monoisotopic (exact) mass is 349 g/mol. The normalized spacial score (nSPS) is 10.5. The number of hydrogen-bond donors (Lipinski definition) is 2. The van der Waals surface area contributed by atoms with Gasteiger partial charge in [-0.05, 0) is 36.2 Å². The van der Waals surface area contributed by atoms with Crippen molar-refractivity contribution >= 4 is 11.8 Å². The minimum absolute atomic E-state index is 0.0307. The summed E-state index contributed by atoms with van der Waals surface area (Å²) in [6.45, 7) is 0. The van der Waals surface area contributed by atoms with E-state index in [2.05, 4.69) is 14.8 Å². The van der Waals surface area contributed by atoms with Gasteiger partial charge in [0.15, 0.2) is 5.82 Å². The van der Waals surface area contributed by atoms with Gasteiger partial charge in [0.05, 0.1) is 12.8 Å². The SMILES string of the molecule is COC(=O)CCc1ccc(-c2ncn(-c3ccc(C(=N)N)cc3)n2)cc1. The lowest BCUT2D eigenvalue weighted by molar-refractivity contribution is -0.140. The first-order valence-corrected chi connectivity index (χ1v) is 8.09. The van der Waals surface area contributed by atoms with E-state index < -0.39 is 0 Å². The van der Waals surface area contributed by atoms with Crippen molar-refractivity contribution in [3.8, 4) is 17.1 Å². The fraction of sp³-hybridized carbons (Fsp3) is 0.158. The van der Waals surface area contributed by atoms with Crippen LogP contribution < -0.4 is 5.73 Å². The number of methoxy groups -OCH3 is 1. The van der Waals surface area contributed by atoms with Crippen molar-refractivity contribution in [1.82, 2.24) is 14.8 Å². The molecule has 0 aliphatic rings. The third-order valence-electron chi connectivity index (χ3n) is 3.99. The number of nitrogens with two attached hydrogens (primary N) is 1. The van der Waals surface area contributed by atoms with Crippen molar-refractivity contribution in [1.29, 1.82) is 5.41 Å². The first-order valence-electron chi connectivity index (χ1n) is 8.09. The molecule has 0 fully saturated rings. The van der Waals surface area contributed by atoms with Crippen LogP contribution in [0.3, 0.4) is 0 Å². The second kappa shape index (κ2) is 7.60. The third kappa shape index (κ3) is 3.94. The molecule has 7 nitrogen and oxygen atoms in total. The van der Waals surface area contributed by atoms with Gasteiger partial charge in [0.25, 0.3) is 0 Å². The van der Waals surface area contributed by atoms with Gasteiger partial charge in [-0.25, -0.2) is 9.67 Å². The van der Waals surface area contributed by atoms with Gasteiger partial charge in [0.2, 0.25) is 0 Å². The molecule has 0 saturated carbocycles. The molecule has 1 aromatic heterocycles. The molecule has 2 aromatic carbocycles. The van der Waals surface area contributed by atoms with Crippen molar-refractivity contribution < 1.29 is 9.53 Å². The second-order valence-corrected chi connectivity index (χ2v) is 5.75. The van der Waals surface area contributed by atoms with Crippen LogP contribution in [0.5, 0.6) is 0 Å². The Bertz CT molecular complexity index is 914. The Balaban J connectivity index is 1.73. The Kier molecular flexibility index (Phi) is 5.07. The highest BCUT2D eigenvalue weighted by Crippen LogP contribution is 2.18. The highest BCUT2D eigenvalue weighted by Gasteiger charge is 2.07. The number of aromatic nitrogens is 3. The van der Waals surface area contributed by atoms with E-state index in [0.29, 0.717) is 24.2 Å². The summed E-state index contributed by atoms with van der Waals surface area (Å²) in [5, 5.41) is 11.9. The van der Waals surface area contributed by atoms with Crippen molar-refractivity contribution in [3.63, 3.8) is 0 Å². The number of hydrogen-bond acceptors (Lipinski definition) is 5. The maximum absolute atomic E-state index is 11.2. The molecule has 0 atom stereocenters. The number of benzene rings is 2. The van der Waals surface area contributed by atoms with Crippen LogP contribution in [-0.4, -0.2) is 33.7 Å². The van der Waals surface area contributed by atoms with Crippen LogP contribution in [0.1, 0.15) is 17.5 Å². The average molecular weight is 349 g/mol. The van der Waals surface area contributed by atoms with E-state index >= 15 is 0 Å². The van der Waals surface area contributed by atoms with Gasteiger partial charge < -0.3 is 10.5 Å². The molecule has 1 heterocycles. The number of aryl methyl sites for hydroxylation is 1. The lowest BCUT2D eigenvalue weighted by Crippen LogP contribution is -2.10. The van der Waals surface area contributed by atoms with Crippen LogP contribution >= 0.6 is 0 Å². The fourth-order valence-corrected chi connectivity index (χ4v) is 2.48. The van der Waals surface area contributed by atoms with Crippen LogP contribution in [0, 0.1) is 5.41 Å². The van der Waals surface area contributed by atoms with Gasteiger partial charge in [-0.1, -0.05) is 24.3 Å². The Morgan fingerprint density at radius 3 is 2.46 bits per heavy atom. The van der Waals surface area contributed by atoms with Crippen LogP contribution in [0.2, 0.25) is 0 Å². The molecule has 0 aliphatic carbocycles. The van der Waals surface area contributed by atoms with E-state index in [4.69, 9.17) is 11.1 Å². The lowest BCUT2D eigenvalue weighted by atomic mass is 10.1. The molecule has 0 saturated heterocycles. The molecule has 26 heavy (non-hydrogen) atoms. The smallest absolute Gasteiger partial charge is 0.305 e. The predicted octanol–water partition coefficient (Wildman–Crippen LogP) is 2.32. The van der Waals surface area contributed by atoms with Gasteiger partial charge >= 0.3 is 5.97 Å². The number of carbonyl (C=O) groups is 1. The van der Waals surface area contributed by atoms with Crippen molar-refractivity contribution in [2.24, 2.45) is 5.73 Å². The van der Waals surface area contributed by atoms with E-state index in [0.717, 1.165) is 16.8 Å². The molecule has 3 aromatic rings. The van der Waals surface area contributed by atoms with Gasteiger partial charge in [-0.15, -0.1) is 5.10 Å². The molecule has 0 amide bonds. The fourth-order valence-electron chi connectivity index (χ4n) is 2.48. The molecule has 0 spiro atoms. The van der Waals surface area contributed by atoms with E-state index in [-0.39, 0.29) is 11.8 Å². The van der Waals surface area contributed by atoms with E-state index in [1.54, 1.807) is 23.1 Å². The van der Waals surface area contributed by atoms with Crippen LogP contribution in [0.25, 0.3) is 17.1 Å². The Hall–Kier alpha value is -3.48. The summed E-state index contributed by atoms with van der Waals surface area (Å²) >= 11 is 0. The summed E-state index contributed by atoms with van der Waals surface area (Å²) in [6.07, 6.45) is 2.64. The molecule has 0 aliphatic heterocycles. The van der Waals surface area contributed by atoms with Gasteiger partial charge in [0.1, 0.15) is 12.2 Å². The third-order valence-corrected chi connectivity index (χ3v) is 3.99. The summed E-state index contributed by atoms with van der Waals surface area (Å²) in [5.74, 6) is 0.425. The molecule has 132 valence electrons. The molecule has 0 unspecified atom stereocenters. The zero-order valence-corrected chi connectivity index (χ0v) is 14.3. The Morgan fingerprint density at radius 2 is 1.85 bits per heavy atom. The number of amidine groups is 1. The first kappa shape index (κ1) is 17.3. The van der Waals surface area contributed by atoms with E-state index in [1.165, 1.54) is 7.11 Å². The molecule has 3 rings (SSSR count). The van der Waals surface area contributed by atoms with Gasteiger partial charge in [-0.3, -0.25) is 10.2 Å². The first-order chi connectivity index (χ1) is 12.6. The molecule has 0 radical (unpaired) electrons. The minimum Gasteiger partial charge on any atom is -0.469 e. The molecular weight excluding hydrogens is 330 g/mol. The molecule has 0 bridgehead atoms. The Morgan fingerprint density at radius 1 is 1.15 bits per heavy atom. The average Bonchev–Trinajstić information content (AvgIpc) is 3.16. The highest BCUT2D eigenvalue weighted by atomic mass is 16.5. The second-order valence-electron chi connectivity index (χ2n) is 5.75. The molecular formula is C19H19N5O2. The molecule has 7 heteroatoms. The number of nitrogen functional groups attached to an aromatic ring is 1.